The highest BCUT2D eigenvalue weighted by Crippen LogP contribution is 2.69. The van der Waals surface area contributed by atoms with Crippen molar-refractivity contribution in [1.82, 2.24) is 9.13 Å². The van der Waals surface area contributed by atoms with Crippen LogP contribution in [0.3, 0.4) is 0 Å². The Balaban J connectivity index is 1.19. The van der Waals surface area contributed by atoms with Crippen LogP contribution in [0.1, 0.15) is 12.1 Å². The van der Waals surface area contributed by atoms with E-state index in [2.05, 4.69) is 154 Å². The summed E-state index contributed by atoms with van der Waals surface area (Å²) in [6.07, 6.45) is 0. The van der Waals surface area contributed by atoms with E-state index in [9.17, 15) is 0 Å². The molecule has 1 aliphatic carbocycles. The second kappa shape index (κ2) is 8.13. The Labute approximate surface area is 286 Å². The van der Waals surface area contributed by atoms with Crippen molar-refractivity contribution >= 4 is 102 Å². The molecule has 0 spiro atoms. The number of thioether (sulfide) groups is 2. The zero-order valence-electron chi connectivity index (χ0n) is 25.9. The first-order valence-electron chi connectivity index (χ1n) is 17.5. The summed E-state index contributed by atoms with van der Waals surface area (Å²) in [6.45, 7) is 0.749. The lowest BCUT2D eigenvalue weighted by atomic mass is 9.25. The first kappa shape index (κ1) is 24.8. The highest BCUT2D eigenvalue weighted by atomic mass is 32.2. The lowest BCUT2D eigenvalue weighted by molar-refractivity contribution is 0.287. The molecule has 0 bridgehead atoms. The number of hydrogen-bond donors (Lipinski definition) is 0. The number of hydrogen-bond acceptors (Lipinski definition) is 2. The fourth-order valence-electron chi connectivity index (χ4n) is 12.0. The van der Waals surface area contributed by atoms with Gasteiger partial charge in [-0.1, -0.05) is 120 Å². The fraction of sp³-hybridized carbons (Fsp3) is 0.143. The summed E-state index contributed by atoms with van der Waals surface area (Å²) in [6, 6.07) is 48.1. The standard InChI is InChI=1S/C42H26B2N2S2/c1-3-9-21(10-4-1)43(22-11-5-2-6-12-22)34-41-39-33-40-42(34)48-30-16-8-14-26-28-20-18-24-23-17-19-27-25-13-7-15-29(47-41)35(25)45(39)37(27)31(23)44(33)32(24)38(28)46(40)36(26)30/h1-20,33-34,39-42H/t33-,34?,39+,40?,41?,42?/m1/s1. The van der Waals surface area contributed by atoms with Crippen LogP contribution >= 0.6 is 23.5 Å². The first-order chi connectivity index (χ1) is 23.9. The summed E-state index contributed by atoms with van der Waals surface area (Å²) in [7, 11) is 0. The minimum atomic E-state index is 0.297. The van der Waals surface area contributed by atoms with Crippen molar-refractivity contribution in [3.63, 3.8) is 0 Å². The molecule has 4 unspecified atom stereocenters. The van der Waals surface area contributed by atoms with Gasteiger partial charge in [0.1, 0.15) is 0 Å². The molecule has 6 aromatic carbocycles. The van der Waals surface area contributed by atoms with Gasteiger partial charge in [0.25, 0.3) is 0 Å². The molecule has 14 rings (SSSR count). The number of benzene rings is 6. The van der Waals surface area contributed by atoms with Crippen LogP contribution in [0.5, 0.6) is 0 Å². The predicted octanol–water partition coefficient (Wildman–Crippen LogP) is 7.61. The molecule has 0 N–H and O–H groups in total. The Hall–Kier alpha value is -4.25. The zero-order valence-corrected chi connectivity index (χ0v) is 27.5. The third-order valence-corrected chi connectivity index (χ3v) is 16.2. The first-order valence-corrected chi connectivity index (χ1v) is 19.3. The minimum Gasteiger partial charge on any atom is -0.336 e. The second-order valence-electron chi connectivity index (χ2n) is 15.0. The predicted molar refractivity (Wildman–Crippen MR) is 206 cm³/mol. The van der Waals surface area contributed by atoms with E-state index in [1.54, 1.807) is 10.9 Å². The van der Waals surface area contributed by atoms with Crippen molar-refractivity contribution in [2.75, 3.05) is 0 Å². The Bertz CT molecular complexity index is 2620. The molecule has 1 saturated carbocycles. The molecule has 5 aliphatic heterocycles. The molecule has 0 radical (unpaired) electrons. The van der Waals surface area contributed by atoms with Crippen LogP contribution in [-0.4, -0.2) is 33.1 Å². The molecular formula is C42H26B2N2S2. The maximum atomic E-state index is 2.93. The molecule has 6 aliphatic rings. The quantitative estimate of drug-likeness (QED) is 0.183. The third-order valence-electron chi connectivity index (χ3n) is 13.3. The van der Waals surface area contributed by atoms with Crippen LogP contribution in [0.15, 0.2) is 131 Å². The molecule has 6 atom stereocenters. The van der Waals surface area contributed by atoms with Gasteiger partial charge in [0.15, 0.2) is 0 Å². The highest BCUT2D eigenvalue weighted by Gasteiger charge is 2.66. The summed E-state index contributed by atoms with van der Waals surface area (Å²) in [5.74, 6) is 0.946. The van der Waals surface area contributed by atoms with Gasteiger partial charge in [-0.2, -0.15) is 0 Å². The summed E-state index contributed by atoms with van der Waals surface area (Å²) in [5.41, 5.74) is 15.2. The summed E-state index contributed by atoms with van der Waals surface area (Å²) in [5, 5.41) is 6.70. The van der Waals surface area contributed by atoms with Gasteiger partial charge in [-0.25, -0.2) is 0 Å². The lowest BCUT2D eigenvalue weighted by Gasteiger charge is -2.60. The van der Waals surface area contributed by atoms with Gasteiger partial charge in [0.05, 0.1) is 11.0 Å². The average Bonchev–Trinajstić information content (AvgIpc) is 3.78. The molecule has 48 heavy (non-hydrogen) atoms. The van der Waals surface area contributed by atoms with Gasteiger partial charge >= 0.3 is 0 Å². The fourth-order valence-corrected chi connectivity index (χ4v) is 15.5. The van der Waals surface area contributed by atoms with Crippen molar-refractivity contribution in [1.29, 1.82) is 0 Å². The second-order valence-corrected chi connectivity index (χ2v) is 17.4. The SMILES string of the molecule is c1ccc(B(c2ccccc2)C2C3Sc4cccc5c6ccc7c8c6n(c45)C3[C@@H]3B8c4c-7ccc5c6cccc7c6n(c45)[C@@H]3C2S7)cc1. The van der Waals surface area contributed by atoms with Gasteiger partial charge in [0.2, 0.25) is 13.4 Å². The molecule has 8 aromatic rings. The monoisotopic (exact) mass is 644 g/mol. The Kier molecular flexibility index (Phi) is 4.20. The summed E-state index contributed by atoms with van der Waals surface area (Å²) >= 11 is 4.45. The van der Waals surface area contributed by atoms with Crippen LogP contribution in [-0.2, 0) is 0 Å². The molecule has 1 fully saturated rings. The molecule has 7 heterocycles. The molecule has 222 valence electrons. The van der Waals surface area contributed by atoms with Gasteiger partial charge in [0, 0.05) is 65.0 Å². The van der Waals surface area contributed by atoms with Gasteiger partial charge in [-0.15, -0.1) is 23.5 Å². The van der Waals surface area contributed by atoms with Crippen molar-refractivity contribution in [3.8, 4) is 11.1 Å². The van der Waals surface area contributed by atoms with Crippen molar-refractivity contribution in [3.05, 3.63) is 121 Å². The lowest BCUT2D eigenvalue weighted by Crippen LogP contribution is -2.66. The Morgan fingerprint density at radius 3 is 1.46 bits per heavy atom. The van der Waals surface area contributed by atoms with E-state index in [4.69, 9.17) is 0 Å². The maximum Gasteiger partial charge on any atom is 0.223 e. The van der Waals surface area contributed by atoms with Gasteiger partial charge in [-0.3, -0.25) is 0 Å². The van der Waals surface area contributed by atoms with E-state index in [1.165, 1.54) is 75.5 Å². The van der Waals surface area contributed by atoms with E-state index in [-0.39, 0.29) is 0 Å². The van der Waals surface area contributed by atoms with Gasteiger partial charge < -0.3 is 9.13 Å². The number of fused-ring (bicyclic) bond motifs is 3. The Morgan fingerprint density at radius 2 is 0.958 bits per heavy atom. The summed E-state index contributed by atoms with van der Waals surface area (Å²) in [4.78, 5) is 2.94. The molecule has 6 heteroatoms. The molecule has 0 saturated heterocycles. The molecule has 0 amide bonds. The van der Waals surface area contributed by atoms with E-state index in [0.29, 0.717) is 47.6 Å². The molecular weight excluding hydrogens is 618 g/mol. The average molecular weight is 644 g/mol. The van der Waals surface area contributed by atoms with Crippen LogP contribution in [0.2, 0.25) is 11.6 Å². The van der Waals surface area contributed by atoms with E-state index in [0.717, 1.165) is 0 Å². The van der Waals surface area contributed by atoms with Crippen molar-refractivity contribution in [2.24, 2.45) is 0 Å². The molecule has 2 nitrogen and oxygen atoms in total. The van der Waals surface area contributed by atoms with Crippen molar-refractivity contribution < 1.29 is 0 Å². The zero-order chi connectivity index (χ0) is 30.6. The van der Waals surface area contributed by atoms with Crippen LogP contribution < -0.4 is 21.9 Å². The number of rotatable bonds is 3. The number of nitrogens with zero attached hydrogens (tertiary/aromatic N) is 2. The van der Waals surface area contributed by atoms with Gasteiger partial charge in [-0.05, 0) is 45.8 Å². The van der Waals surface area contributed by atoms with Crippen LogP contribution in [0.25, 0.3) is 54.7 Å². The third kappa shape index (κ3) is 2.52. The molecule has 2 aromatic heterocycles. The normalized spacial score (nSPS) is 25.7. The van der Waals surface area contributed by atoms with Crippen molar-refractivity contribution in [2.45, 2.75) is 44.0 Å². The number of para-hydroxylation sites is 2. The topological polar surface area (TPSA) is 9.86 Å². The largest absolute Gasteiger partial charge is 0.336 e. The van der Waals surface area contributed by atoms with Crippen LogP contribution in [0.4, 0.5) is 0 Å². The number of aromatic nitrogens is 2. The minimum absolute atomic E-state index is 0.297. The Morgan fingerprint density at radius 1 is 0.479 bits per heavy atom. The summed E-state index contributed by atoms with van der Waals surface area (Å²) < 4.78 is 5.86. The maximum absolute atomic E-state index is 2.93. The van der Waals surface area contributed by atoms with E-state index >= 15 is 0 Å². The highest BCUT2D eigenvalue weighted by molar-refractivity contribution is 8.01. The smallest absolute Gasteiger partial charge is 0.223 e. The van der Waals surface area contributed by atoms with E-state index < -0.39 is 0 Å². The van der Waals surface area contributed by atoms with Crippen LogP contribution in [0, 0.1) is 0 Å². The van der Waals surface area contributed by atoms with E-state index in [1.807, 2.05) is 0 Å².